The molecule has 3 rings (SSSR count). The minimum absolute atomic E-state index is 0.722. The van der Waals surface area contributed by atoms with Crippen molar-refractivity contribution in [1.82, 2.24) is 10.3 Å². The van der Waals surface area contributed by atoms with Crippen molar-refractivity contribution in [2.24, 2.45) is 0 Å². The van der Waals surface area contributed by atoms with Gasteiger partial charge in [0.2, 0.25) is 0 Å². The predicted octanol–water partition coefficient (Wildman–Crippen LogP) is 2.32. The number of rotatable bonds is 3. The Balaban J connectivity index is 1.80. The van der Waals surface area contributed by atoms with Gasteiger partial charge in [-0.05, 0) is 17.5 Å². The van der Waals surface area contributed by atoms with Gasteiger partial charge in [0.25, 0.3) is 0 Å². The van der Waals surface area contributed by atoms with Crippen molar-refractivity contribution in [3.8, 4) is 10.4 Å². The van der Waals surface area contributed by atoms with Crippen molar-refractivity contribution in [3.05, 3.63) is 41.5 Å². The van der Waals surface area contributed by atoms with E-state index in [1.807, 2.05) is 11.7 Å². The molecule has 2 aromatic rings. The minimum Gasteiger partial charge on any atom is -0.311 e. The molecule has 0 radical (unpaired) electrons. The topological polar surface area (TPSA) is 34.8 Å². The summed E-state index contributed by atoms with van der Waals surface area (Å²) in [4.78, 5) is 5.33. The molecule has 1 fully saturated rings. The molecule has 0 saturated carbocycles. The Morgan fingerprint density at radius 3 is 2.73 bits per heavy atom. The molecule has 1 aliphatic rings. The molecule has 1 aromatic heterocycles. The van der Waals surface area contributed by atoms with Crippen LogP contribution in [0.4, 0.5) is 0 Å². The zero-order valence-corrected chi connectivity index (χ0v) is 9.13. The molecule has 0 bridgehead atoms. The first kappa shape index (κ1) is 9.07. The van der Waals surface area contributed by atoms with Crippen LogP contribution in [-0.2, 0) is 6.42 Å². The maximum absolute atomic E-state index is 4.09. The minimum atomic E-state index is 0.722. The maximum atomic E-state index is 4.09. The fourth-order valence-corrected chi connectivity index (χ4v) is 2.30. The van der Waals surface area contributed by atoms with Crippen LogP contribution in [0.25, 0.3) is 10.4 Å². The van der Waals surface area contributed by atoms with Crippen molar-refractivity contribution in [2.75, 3.05) is 6.54 Å². The van der Waals surface area contributed by atoms with Crippen molar-refractivity contribution in [3.63, 3.8) is 0 Å². The van der Waals surface area contributed by atoms with Crippen LogP contribution in [-0.4, -0.2) is 17.6 Å². The average Bonchev–Trinajstić information content (AvgIpc) is 2.92. The molecule has 0 amide bonds. The van der Waals surface area contributed by atoms with Crippen LogP contribution in [0, 0.1) is 0 Å². The third-order valence-corrected chi connectivity index (χ3v) is 3.47. The Morgan fingerprint density at radius 2 is 2.13 bits per heavy atom. The lowest BCUT2D eigenvalue weighted by Gasteiger charge is -2.00. The zero-order chi connectivity index (χ0) is 10.1. The van der Waals surface area contributed by atoms with Crippen LogP contribution in [0.3, 0.4) is 0 Å². The monoisotopic (exact) mass is 216 g/mol. The lowest BCUT2D eigenvalue weighted by molar-refractivity contribution is 0.930. The molecule has 2 nitrogen and oxygen atoms in total. The first-order valence-corrected chi connectivity index (χ1v) is 6.01. The van der Waals surface area contributed by atoms with Gasteiger partial charge >= 0.3 is 0 Å². The summed E-state index contributed by atoms with van der Waals surface area (Å²) in [6.07, 6.45) is 3.07. The molecular formula is C12H12N2S. The first-order chi connectivity index (χ1) is 7.42. The Hall–Kier alpha value is -1.19. The Kier molecular flexibility index (Phi) is 2.27. The summed E-state index contributed by atoms with van der Waals surface area (Å²) >= 11 is 1.68. The molecule has 0 spiro atoms. The van der Waals surface area contributed by atoms with Gasteiger partial charge in [-0.1, -0.05) is 24.3 Å². The number of nitrogens with zero attached hydrogens (tertiary/aromatic N) is 1. The maximum Gasteiger partial charge on any atom is 0.0797 e. The first-order valence-electron chi connectivity index (χ1n) is 5.13. The number of thiazole rings is 1. The van der Waals surface area contributed by atoms with Gasteiger partial charge in [-0.3, -0.25) is 4.98 Å². The molecule has 0 aliphatic carbocycles. The number of benzene rings is 1. The van der Waals surface area contributed by atoms with E-state index >= 15 is 0 Å². The summed E-state index contributed by atoms with van der Waals surface area (Å²) in [7, 11) is 0. The molecule has 1 atom stereocenters. The van der Waals surface area contributed by atoms with Crippen molar-refractivity contribution < 1.29 is 0 Å². The van der Waals surface area contributed by atoms with Crippen LogP contribution in [0.5, 0.6) is 0 Å². The Bertz CT molecular complexity index is 429. The van der Waals surface area contributed by atoms with Gasteiger partial charge in [0.05, 0.1) is 10.4 Å². The second kappa shape index (κ2) is 3.76. The summed E-state index contributed by atoms with van der Waals surface area (Å²) in [5.41, 5.74) is 4.56. The fraction of sp³-hybridized carbons (Fsp3) is 0.250. The van der Waals surface area contributed by atoms with E-state index in [0.29, 0.717) is 0 Å². The fourth-order valence-electron chi connectivity index (χ4n) is 1.68. The van der Waals surface area contributed by atoms with Crippen molar-refractivity contribution >= 4 is 11.3 Å². The van der Waals surface area contributed by atoms with Gasteiger partial charge in [-0.25, -0.2) is 0 Å². The van der Waals surface area contributed by atoms with Crippen molar-refractivity contribution in [1.29, 1.82) is 0 Å². The summed E-state index contributed by atoms with van der Waals surface area (Å²) < 4.78 is 0. The molecule has 3 heteroatoms. The third-order valence-electron chi connectivity index (χ3n) is 2.65. The van der Waals surface area contributed by atoms with Crippen LogP contribution < -0.4 is 5.32 Å². The SMILES string of the molecule is c1ncc(-c2ccc(CC3CN3)cc2)s1. The smallest absolute Gasteiger partial charge is 0.0797 e. The second-order valence-electron chi connectivity index (χ2n) is 3.87. The van der Waals surface area contributed by atoms with Gasteiger partial charge in [-0.2, -0.15) is 0 Å². The highest BCUT2D eigenvalue weighted by atomic mass is 32.1. The van der Waals surface area contributed by atoms with Gasteiger partial charge in [-0.15, -0.1) is 11.3 Å². The van der Waals surface area contributed by atoms with Crippen LogP contribution in [0.2, 0.25) is 0 Å². The van der Waals surface area contributed by atoms with Gasteiger partial charge in [0.15, 0.2) is 0 Å². The quantitative estimate of drug-likeness (QED) is 0.799. The molecule has 1 aliphatic heterocycles. The molecule has 15 heavy (non-hydrogen) atoms. The van der Waals surface area contributed by atoms with E-state index in [9.17, 15) is 0 Å². The third kappa shape index (κ3) is 2.08. The Labute approximate surface area is 93.0 Å². The standard InChI is InChI=1S/C12H12N2S/c1-3-10(12-7-13-8-15-12)4-2-9(1)5-11-6-14-11/h1-4,7-8,11,14H,5-6H2. The molecule has 1 aromatic carbocycles. The number of aromatic nitrogens is 1. The zero-order valence-electron chi connectivity index (χ0n) is 8.31. The predicted molar refractivity (Wildman–Crippen MR) is 63.0 cm³/mol. The van der Waals surface area contributed by atoms with E-state index in [0.717, 1.165) is 12.5 Å². The highest BCUT2D eigenvalue weighted by Gasteiger charge is 2.19. The molecule has 76 valence electrons. The largest absolute Gasteiger partial charge is 0.311 e. The summed E-state index contributed by atoms with van der Waals surface area (Å²) in [6, 6.07) is 9.53. The van der Waals surface area contributed by atoms with Gasteiger partial charge < -0.3 is 5.32 Å². The summed E-state index contributed by atoms with van der Waals surface area (Å²) in [5.74, 6) is 0. The lowest BCUT2D eigenvalue weighted by Crippen LogP contribution is -1.95. The van der Waals surface area contributed by atoms with E-state index in [1.54, 1.807) is 11.3 Å². The van der Waals surface area contributed by atoms with Crippen LogP contribution in [0.15, 0.2) is 36.0 Å². The van der Waals surface area contributed by atoms with E-state index in [4.69, 9.17) is 0 Å². The highest BCUT2D eigenvalue weighted by Crippen LogP contribution is 2.23. The average molecular weight is 216 g/mol. The molecule has 1 saturated heterocycles. The van der Waals surface area contributed by atoms with E-state index in [-0.39, 0.29) is 0 Å². The number of hydrogen-bond acceptors (Lipinski definition) is 3. The highest BCUT2D eigenvalue weighted by molar-refractivity contribution is 7.13. The summed E-state index contributed by atoms with van der Waals surface area (Å²) in [5, 5.41) is 3.32. The Morgan fingerprint density at radius 1 is 1.33 bits per heavy atom. The molecule has 1 unspecified atom stereocenters. The van der Waals surface area contributed by atoms with E-state index < -0.39 is 0 Å². The second-order valence-corrected chi connectivity index (χ2v) is 4.76. The number of hydrogen-bond donors (Lipinski definition) is 1. The molecule has 2 heterocycles. The van der Waals surface area contributed by atoms with E-state index in [2.05, 4.69) is 34.6 Å². The van der Waals surface area contributed by atoms with Gasteiger partial charge in [0.1, 0.15) is 0 Å². The normalized spacial score (nSPS) is 19.1. The molecule has 1 N–H and O–H groups in total. The number of nitrogens with one attached hydrogen (secondary N) is 1. The molecular weight excluding hydrogens is 204 g/mol. The van der Waals surface area contributed by atoms with Crippen molar-refractivity contribution in [2.45, 2.75) is 12.5 Å². The van der Waals surface area contributed by atoms with Crippen LogP contribution >= 0.6 is 11.3 Å². The lowest BCUT2D eigenvalue weighted by atomic mass is 10.1. The summed E-state index contributed by atoms with van der Waals surface area (Å²) in [6.45, 7) is 1.18. The van der Waals surface area contributed by atoms with Crippen LogP contribution in [0.1, 0.15) is 5.56 Å². The van der Waals surface area contributed by atoms with E-state index in [1.165, 1.54) is 22.5 Å². The van der Waals surface area contributed by atoms with Gasteiger partial charge in [0, 0.05) is 18.8 Å².